The summed E-state index contributed by atoms with van der Waals surface area (Å²) in [6, 6.07) is 6.74. The number of aryl methyl sites for hydroxylation is 1. The van der Waals surface area contributed by atoms with Crippen molar-refractivity contribution in [1.82, 2.24) is 10.3 Å². The highest BCUT2D eigenvalue weighted by molar-refractivity contribution is 5.96. The molecule has 140 valence electrons. The fourth-order valence-corrected chi connectivity index (χ4v) is 2.07. The second-order valence-corrected chi connectivity index (χ2v) is 5.33. The summed E-state index contributed by atoms with van der Waals surface area (Å²) in [4.78, 5) is 16.1. The molecule has 2 rings (SSSR count). The summed E-state index contributed by atoms with van der Waals surface area (Å²) in [5.41, 5.74) is 1.51. The Labute approximate surface area is 147 Å². The van der Waals surface area contributed by atoms with Gasteiger partial charge in [0.25, 0.3) is 5.91 Å². The number of halogens is 4. The lowest BCUT2D eigenvalue weighted by Gasteiger charge is -2.18. The highest BCUT2D eigenvalue weighted by Crippen LogP contribution is 2.29. The molecule has 0 fully saturated rings. The normalized spacial score (nSPS) is 11.3. The molecule has 0 aliphatic carbocycles. The van der Waals surface area contributed by atoms with Gasteiger partial charge in [0, 0.05) is 31.2 Å². The lowest BCUT2D eigenvalue weighted by molar-refractivity contribution is -0.253. The van der Waals surface area contributed by atoms with E-state index in [9.17, 15) is 22.4 Å². The van der Waals surface area contributed by atoms with Gasteiger partial charge in [-0.1, -0.05) is 12.1 Å². The Balaban J connectivity index is 1.94. The molecule has 0 aliphatic heterocycles. The van der Waals surface area contributed by atoms with E-state index >= 15 is 0 Å². The minimum atomic E-state index is -4.68. The van der Waals surface area contributed by atoms with Crippen molar-refractivity contribution in [2.75, 3.05) is 18.4 Å². The quantitative estimate of drug-likeness (QED) is 0.551. The maximum absolute atomic E-state index is 13.1. The first-order valence-electron chi connectivity index (χ1n) is 7.68. The van der Waals surface area contributed by atoms with Gasteiger partial charge in [-0.3, -0.25) is 9.78 Å². The van der Waals surface area contributed by atoms with Crippen LogP contribution in [0.15, 0.2) is 42.7 Å². The van der Waals surface area contributed by atoms with Crippen molar-refractivity contribution in [3.8, 4) is 5.75 Å². The summed E-state index contributed by atoms with van der Waals surface area (Å²) < 4.78 is 54.8. The van der Waals surface area contributed by atoms with Crippen molar-refractivity contribution in [3.05, 3.63) is 53.9 Å². The third-order valence-corrected chi connectivity index (χ3v) is 3.38. The van der Waals surface area contributed by atoms with Crippen LogP contribution in [0.5, 0.6) is 5.75 Å². The van der Waals surface area contributed by atoms with Gasteiger partial charge in [0.15, 0.2) is 0 Å². The smallest absolute Gasteiger partial charge is 0.427 e. The van der Waals surface area contributed by atoms with E-state index in [1.54, 1.807) is 18.5 Å². The van der Waals surface area contributed by atoms with E-state index in [1.807, 2.05) is 6.92 Å². The number of carbonyl (C=O) groups is 1. The maximum Gasteiger partial charge on any atom is 0.461 e. The highest BCUT2D eigenvalue weighted by atomic mass is 19.3. The number of amides is 1. The third-order valence-electron chi connectivity index (χ3n) is 3.38. The summed E-state index contributed by atoms with van der Waals surface area (Å²) in [7, 11) is 0. The van der Waals surface area contributed by atoms with E-state index in [1.165, 1.54) is 18.2 Å². The number of para-hydroxylation sites is 1. The molecular formula is C17H17F4N3O2. The van der Waals surface area contributed by atoms with Crippen molar-refractivity contribution in [2.45, 2.75) is 19.5 Å². The average molecular weight is 371 g/mol. The van der Waals surface area contributed by atoms with Crippen LogP contribution >= 0.6 is 0 Å². The Kier molecular flexibility index (Phi) is 6.37. The first-order chi connectivity index (χ1) is 12.3. The van der Waals surface area contributed by atoms with Gasteiger partial charge in [-0.05, 0) is 30.7 Å². The molecule has 2 aromatic rings. The lowest BCUT2D eigenvalue weighted by atomic mass is 10.2. The minimum Gasteiger partial charge on any atom is -0.427 e. The zero-order chi connectivity index (χ0) is 19.2. The second kappa shape index (κ2) is 8.50. The molecule has 0 saturated heterocycles. The summed E-state index contributed by atoms with van der Waals surface area (Å²) in [5.74, 6) is -1.33. The van der Waals surface area contributed by atoms with Crippen LogP contribution in [0, 0.1) is 6.92 Å². The van der Waals surface area contributed by atoms with E-state index in [0.717, 1.165) is 17.3 Å². The number of pyridine rings is 1. The molecule has 0 saturated carbocycles. The van der Waals surface area contributed by atoms with E-state index in [-0.39, 0.29) is 12.1 Å². The molecular weight excluding hydrogens is 354 g/mol. The number of hydrogen-bond donors (Lipinski definition) is 2. The molecule has 0 radical (unpaired) electrons. The zero-order valence-corrected chi connectivity index (χ0v) is 13.8. The molecule has 0 unspecified atom stereocenters. The van der Waals surface area contributed by atoms with Crippen molar-refractivity contribution in [2.24, 2.45) is 0 Å². The van der Waals surface area contributed by atoms with E-state index in [0.29, 0.717) is 6.54 Å². The van der Waals surface area contributed by atoms with Crippen molar-refractivity contribution >= 4 is 11.6 Å². The molecule has 5 nitrogen and oxygen atoms in total. The van der Waals surface area contributed by atoms with Crippen LogP contribution < -0.4 is 15.4 Å². The molecule has 0 spiro atoms. The van der Waals surface area contributed by atoms with Crippen LogP contribution in [0.4, 0.5) is 23.2 Å². The van der Waals surface area contributed by atoms with Gasteiger partial charge < -0.3 is 15.4 Å². The van der Waals surface area contributed by atoms with Gasteiger partial charge in [0.2, 0.25) is 0 Å². The second-order valence-electron chi connectivity index (χ2n) is 5.33. The number of aromatic nitrogens is 1. The predicted molar refractivity (Wildman–Crippen MR) is 87.8 cm³/mol. The monoisotopic (exact) mass is 371 g/mol. The number of benzene rings is 1. The first kappa shape index (κ1) is 19.5. The number of nitrogens with zero attached hydrogens (tertiary/aromatic N) is 1. The molecule has 1 aromatic heterocycles. The fourth-order valence-electron chi connectivity index (χ4n) is 2.07. The minimum absolute atomic E-state index is 0.181. The molecule has 1 heterocycles. The fraction of sp³-hybridized carbons (Fsp3) is 0.294. The number of rotatable bonds is 8. The summed E-state index contributed by atoms with van der Waals surface area (Å²) in [5, 5.41) is 5.60. The number of anilines is 1. The largest absolute Gasteiger partial charge is 0.461 e. The topological polar surface area (TPSA) is 63.2 Å². The lowest BCUT2D eigenvalue weighted by Crippen LogP contribution is -2.35. The van der Waals surface area contributed by atoms with Crippen LogP contribution in [-0.4, -0.2) is 36.5 Å². The van der Waals surface area contributed by atoms with Crippen LogP contribution in [0.1, 0.15) is 15.9 Å². The zero-order valence-electron chi connectivity index (χ0n) is 13.8. The van der Waals surface area contributed by atoms with Gasteiger partial charge in [-0.15, -0.1) is 0 Å². The Morgan fingerprint density at radius 3 is 2.65 bits per heavy atom. The molecule has 0 bridgehead atoms. The van der Waals surface area contributed by atoms with Crippen molar-refractivity contribution in [1.29, 1.82) is 0 Å². The van der Waals surface area contributed by atoms with E-state index in [2.05, 4.69) is 20.4 Å². The predicted octanol–water partition coefficient (Wildman–Crippen LogP) is 3.47. The molecule has 0 aliphatic rings. The maximum atomic E-state index is 13.1. The molecule has 1 amide bonds. The van der Waals surface area contributed by atoms with Gasteiger partial charge in [0.05, 0.1) is 5.56 Å². The standard InChI is InChI=1S/C17H17F4N3O2/c1-11-10-22-7-6-13(11)23-8-9-24-15(25)12-4-2-3-5-14(12)26-17(20,21)16(18)19/h2-7,10,16H,8-9H2,1H3,(H,22,23)(H,24,25). The summed E-state index contributed by atoms with van der Waals surface area (Å²) in [6.07, 6.45) is -5.40. The number of carbonyl (C=O) groups excluding carboxylic acids is 1. The Hall–Kier alpha value is -2.84. The third kappa shape index (κ3) is 5.08. The molecule has 26 heavy (non-hydrogen) atoms. The summed E-state index contributed by atoms with van der Waals surface area (Å²) >= 11 is 0. The molecule has 0 atom stereocenters. The van der Waals surface area contributed by atoms with E-state index in [4.69, 9.17) is 0 Å². The molecule has 9 heteroatoms. The Morgan fingerprint density at radius 2 is 1.96 bits per heavy atom. The van der Waals surface area contributed by atoms with Crippen LogP contribution in [-0.2, 0) is 0 Å². The van der Waals surface area contributed by atoms with Crippen LogP contribution in [0.2, 0.25) is 0 Å². The first-order valence-corrected chi connectivity index (χ1v) is 7.68. The molecule has 2 N–H and O–H groups in total. The average Bonchev–Trinajstić information content (AvgIpc) is 2.60. The SMILES string of the molecule is Cc1cnccc1NCCNC(=O)c1ccccc1OC(F)(F)C(F)F. The highest BCUT2D eigenvalue weighted by Gasteiger charge is 2.44. The van der Waals surface area contributed by atoms with Crippen molar-refractivity contribution in [3.63, 3.8) is 0 Å². The summed E-state index contributed by atoms with van der Waals surface area (Å²) in [6.45, 7) is 2.41. The van der Waals surface area contributed by atoms with Gasteiger partial charge in [-0.25, -0.2) is 0 Å². The van der Waals surface area contributed by atoms with Gasteiger partial charge in [-0.2, -0.15) is 17.6 Å². The Bertz CT molecular complexity index is 756. The number of hydrogen-bond acceptors (Lipinski definition) is 4. The van der Waals surface area contributed by atoms with Crippen molar-refractivity contribution < 1.29 is 27.1 Å². The number of nitrogens with one attached hydrogen (secondary N) is 2. The van der Waals surface area contributed by atoms with Crippen LogP contribution in [0.25, 0.3) is 0 Å². The molecule has 1 aromatic carbocycles. The Morgan fingerprint density at radius 1 is 1.23 bits per heavy atom. The van der Waals surface area contributed by atoms with Gasteiger partial charge >= 0.3 is 12.5 Å². The number of ether oxygens (including phenoxy) is 1. The van der Waals surface area contributed by atoms with Crippen LogP contribution in [0.3, 0.4) is 0 Å². The number of alkyl halides is 4. The van der Waals surface area contributed by atoms with E-state index < -0.39 is 24.2 Å². The van der Waals surface area contributed by atoms with Gasteiger partial charge in [0.1, 0.15) is 5.75 Å².